The maximum absolute atomic E-state index is 5.66. The van der Waals surface area contributed by atoms with Gasteiger partial charge < -0.3 is 24.4 Å². The molecule has 0 aromatic carbocycles. The largest absolute Gasteiger partial charge is 0.481 e. The summed E-state index contributed by atoms with van der Waals surface area (Å²) in [6, 6.07) is 1.63. The zero-order valence-electron chi connectivity index (χ0n) is 11.5. The van der Waals surface area contributed by atoms with Gasteiger partial charge in [0.05, 0.1) is 33.0 Å². The van der Waals surface area contributed by atoms with Crippen molar-refractivity contribution in [2.75, 3.05) is 52.8 Å². The van der Waals surface area contributed by atoms with Crippen LogP contribution in [-0.2, 0) is 4.74 Å². The van der Waals surface area contributed by atoms with Crippen LogP contribution in [0, 0.1) is 0 Å². The molecule has 1 aromatic heterocycles. The van der Waals surface area contributed by atoms with Gasteiger partial charge in [0.15, 0.2) is 0 Å². The molecule has 1 atom stereocenters. The van der Waals surface area contributed by atoms with Crippen molar-refractivity contribution >= 4 is 5.95 Å². The van der Waals surface area contributed by atoms with Gasteiger partial charge in [0.1, 0.15) is 0 Å². The van der Waals surface area contributed by atoms with E-state index in [4.69, 9.17) is 14.2 Å². The summed E-state index contributed by atoms with van der Waals surface area (Å²) in [4.78, 5) is 10.7. The standard InChI is InChI=1S/C12H20N4O3/c1-16-4-5-19-9(8-16)7-13-12-14-10(17-2)6-11(15-12)18-3/h6,9H,4-5,7-8H2,1-3H3,(H,13,14,15)/t9-/m1/s1. The maximum atomic E-state index is 5.66. The first kappa shape index (κ1) is 13.8. The molecule has 0 spiro atoms. The van der Waals surface area contributed by atoms with Crippen molar-refractivity contribution in [1.82, 2.24) is 14.9 Å². The van der Waals surface area contributed by atoms with Crippen LogP contribution < -0.4 is 14.8 Å². The van der Waals surface area contributed by atoms with E-state index in [1.165, 1.54) is 0 Å². The third kappa shape index (κ3) is 3.93. The topological polar surface area (TPSA) is 68.7 Å². The molecule has 1 aromatic rings. The number of hydrogen-bond donors (Lipinski definition) is 1. The van der Waals surface area contributed by atoms with E-state index in [1.807, 2.05) is 0 Å². The van der Waals surface area contributed by atoms with Crippen LogP contribution in [0.5, 0.6) is 11.8 Å². The second kappa shape index (κ2) is 6.53. The highest BCUT2D eigenvalue weighted by atomic mass is 16.5. The van der Waals surface area contributed by atoms with Crippen LogP contribution in [0.3, 0.4) is 0 Å². The lowest BCUT2D eigenvalue weighted by Gasteiger charge is -2.30. The predicted octanol–water partition coefficient (Wildman–Crippen LogP) is 0.236. The van der Waals surface area contributed by atoms with E-state index in [1.54, 1.807) is 20.3 Å². The Hall–Kier alpha value is -1.60. The quantitative estimate of drug-likeness (QED) is 0.820. The van der Waals surface area contributed by atoms with Gasteiger partial charge in [-0.2, -0.15) is 9.97 Å². The summed E-state index contributed by atoms with van der Waals surface area (Å²) in [5.41, 5.74) is 0. The van der Waals surface area contributed by atoms with Crippen molar-refractivity contribution in [3.8, 4) is 11.8 Å². The summed E-state index contributed by atoms with van der Waals surface area (Å²) in [5.74, 6) is 1.42. The Kier molecular flexibility index (Phi) is 4.75. The number of ether oxygens (including phenoxy) is 3. The molecule has 0 radical (unpaired) electrons. The number of hydrogen-bond acceptors (Lipinski definition) is 7. The second-order valence-electron chi connectivity index (χ2n) is 4.41. The maximum Gasteiger partial charge on any atom is 0.229 e. The lowest BCUT2D eigenvalue weighted by atomic mass is 10.3. The van der Waals surface area contributed by atoms with Gasteiger partial charge in [-0.25, -0.2) is 0 Å². The van der Waals surface area contributed by atoms with Gasteiger partial charge in [0, 0.05) is 19.6 Å². The monoisotopic (exact) mass is 268 g/mol. The van der Waals surface area contributed by atoms with Crippen molar-refractivity contribution in [3.05, 3.63) is 6.07 Å². The number of rotatable bonds is 5. The molecule has 1 N–H and O–H groups in total. The van der Waals surface area contributed by atoms with E-state index in [0.717, 1.165) is 19.7 Å². The Morgan fingerprint density at radius 2 is 2.05 bits per heavy atom. The minimum Gasteiger partial charge on any atom is -0.481 e. The third-order valence-corrected chi connectivity index (χ3v) is 2.93. The smallest absolute Gasteiger partial charge is 0.229 e. The normalized spacial score (nSPS) is 20.1. The van der Waals surface area contributed by atoms with Crippen molar-refractivity contribution < 1.29 is 14.2 Å². The van der Waals surface area contributed by atoms with Crippen LogP contribution in [0.25, 0.3) is 0 Å². The first-order valence-electron chi connectivity index (χ1n) is 6.22. The average molecular weight is 268 g/mol. The second-order valence-corrected chi connectivity index (χ2v) is 4.41. The number of nitrogens with one attached hydrogen (secondary N) is 1. The van der Waals surface area contributed by atoms with E-state index in [-0.39, 0.29) is 6.10 Å². The predicted molar refractivity (Wildman–Crippen MR) is 70.9 cm³/mol. The Labute approximate surface area is 112 Å². The molecule has 0 aliphatic carbocycles. The lowest BCUT2D eigenvalue weighted by Crippen LogP contribution is -2.43. The van der Waals surface area contributed by atoms with E-state index in [0.29, 0.717) is 24.3 Å². The number of morpholine rings is 1. The number of likely N-dealkylation sites (N-methyl/N-ethyl adjacent to an activating group) is 1. The van der Waals surface area contributed by atoms with E-state index >= 15 is 0 Å². The average Bonchev–Trinajstić information content (AvgIpc) is 2.44. The fraction of sp³-hybridized carbons (Fsp3) is 0.667. The van der Waals surface area contributed by atoms with E-state index in [2.05, 4.69) is 27.2 Å². The van der Waals surface area contributed by atoms with Crippen molar-refractivity contribution in [2.45, 2.75) is 6.10 Å². The number of aromatic nitrogens is 2. The molecule has 7 nitrogen and oxygen atoms in total. The molecule has 0 amide bonds. The Balaban J connectivity index is 1.94. The molecule has 7 heteroatoms. The summed E-state index contributed by atoms with van der Waals surface area (Å²) in [6.07, 6.45) is 0.138. The molecule has 106 valence electrons. The minimum absolute atomic E-state index is 0.138. The Bertz CT molecular complexity index is 394. The molecule has 2 rings (SSSR count). The minimum atomic E-state index is 0.138. The van der Waals surface area contributed by atoms with Gasteiger partial charge >= 0.3 is 0 Å². The molecule has 19 heavy (non-hydrogen) atoms. The van der Waals surface area contributed by atoms with Crippen LogP contribution in [0.4, 0.5) is 5.95 Å². The van der Waals surface area contributed by atoms with E-state index < -0.39 is 0 Å². The summed E-state index contributed by atoms with van der Waals surface area (Å²) in [5, 5.41) is 3.15. The molecule has 1 saturated heterocycles. The number of methoxy groups -OCH3 is 2. The van der Waals surface area contributed by atoms with Gasteiger partial charge in [0.2, 0.25) is 17.7 Å². The SMILES string of the molecule is COc1cc(OC)nc(NC[C@@H]2CN(C)CCO2)n1. The molecule has 0 saturated carbocycles. The van der Waals surface area contributed by atoms with Gasteiger partial charge in [0.25, 0.3) is 0 Å². The molecule has 2 heterocycles. The number of nitrogens with zero attached hydrogens (tertiary/aromatic N) is 3. The molecular formula is C12H20N4O3. The lowest BCUT2D eigenvalue weighted by molar-refractivity contribution is -0.0118. The fourth-order valence-corrected chi connectivity index (χ4v) is 1.89. The highest BCUT2D eigenvalue weighted by Gasteiger charge is 2.17. The summed E-state index contributed by atoms with van der Waals surface area (Å²) in [6.45, 7) is 3.28. The van der Waals surface area contributed by atoms with Crippen LogP contribution >= 0.6 is 0 Å². The zero-order valence-corrected chi connectivity index (χ0v) is 11.5. The highest BCUT2D eigenvalue weighted by Crippen LogP contribution is 2.17. The zero-order chi connectivity index (χ0) is 13.7. The molecule has 0 unspecified atom stereocenters. The highest BCUT2D eigenvalue weighted by molar-refractivity contribution is 5.33. The Morgan fingerprint density at radius 3 is 2.63 bits per heavy atom. The van der Waals surface area contributed by atoms with Crippen LogP contribution in [0.2, 0.25) is 0 Å². The molecule has 1 aliphatic rings. The van der Waals surface area contributed by atoms with Gasteiger partial charge in [-0.15, -0.1) is 0 Å². The first-order chi connectivity index (χ1) is 9.21. The van der Waals surface area contributed by atoms with Crippen LogP contribution in [0.15, 0.2) is 6.07 Å². The first-order valence-corrected chi connectivity index (χ1v) is 6.22. The summed E-state index contributed by atoms with van der Waals surface area (Å²) >= 11 is 0. The van der Waals surface area contributed by atoms with Gasteiger partial charge in [-0.05, 0) is 7.05 Å². The molecular weight excluding hydrogens is 248 g/mol. The van der Waals surface area contributed by atoms with Gasteiger partial charge in [-0.3, -0.25) is 0 Å². The fourth-order valence-electron chi connectivity index (χ4n) is 1.89. The summed E-state index contributed by atoms with van der Waals surface area (Å²) < 4.78 is 15.9. The summed E-state index contributed by atoms with van der Waals surface area (Å²) in [7, 11) is 5.20. The van der Waals surface area contributed by atoms with Crippen molar-refractivity contribution in [2.24, 2.45) is 0 Å². The number of anilines is 1. The van der Waals surface area contributed by atoms with E-state index in [9.17, 15) is 0 Å². The molecule has 1 aliphatic heterocycles. The third-order valence-electron chi connectivity index (χ3n) is 2.93. The Morgan fingerprint density at radius 1 is 1.37 bits per heavy atom. The van der Waals surface area contributed by atoms with Crippen molar-refractivity contribution in [1.29, 1.82) is 0 Å². The van der Waals surface area contributed by atoms with Crippen molar-refractivity contribution in [3.63, 3.8) is 0 Å². The van der Waals surface area contributed by atoms with Crippen LogP contribution in [-0.4, -0.2) is 68.5 Å². The van der Waals surface area contributed by atoms with Crippen LogP contribution in [0.1, 0.15) is 0 Å². The van der Waals surface area contributed by atoms with Gasteiger partial charge in [-0.1, -0.05) is 0 Å². The molecule has 1 fully saturated rings. The molecule has 0 bridgehead atoms.